The fourth-order valence-corrected chi connectivity index (χ4v) is 3.61. The number of carboxylic acids is 1. The number of carbonyl (C=O) groups excluding carboxylic acids is 1. The number of halogens is 2. The van der Waals surface area contributed by atoms with Gasteiger partial charge in [0.25, 0.3) is 0 Å². The van der Waals surface area contributed by atoms with Crippen LogP contribution in [0.5, 0.6) is 5.75 Å². The molecule has 1 atom stereocenters. The molecule has 7 nitrogen and oxygen atoms in total. The highest BCUT2D eigenvalue weighted by Crippen LogP contribution is 2.23. The molecular formula is C23H26F2N2O5. The molecule has 32 heavy (non-hydrogen) atoms. The first-order valence-electron chi connectivity index (χ1n) is 10.3. The second-order valence-electron chi connectivity index (χ2n) is 7.70. The second kappa shape index (κ2) is 10.5. The highest BCUT2D eigenvalue weighted by Gasteiger charge is 2.40. The van der Waals surface area contributed by atoms with E-state index in [0.717, 1.165) is 23.8 Å². The number of amides is 1. The van der Waals surface area contributed by atoms with Crippen LogP contribution in [-0.2, 0) is 9.53 Å². The van der Waals surface area contributed by atoms with Gasteiger partial charge in [-0.25, -0.2) is 13.6 Å². The third-order valence-corrected chi connectivity index (χ3v) is 5.46. The number of carboxylic acid groups (broad SMARTS) is 1. The molecule has 0 spiro atoms. The summed E-state index contributed by atoms with van der Waals surface area (Å²) in [5.74, 6) is -2.58. The zero-order valence-corrected chi connectivity index (χ0v) is 17.7. The van der Waals surface area contributed by atoms with Gasteiger partial charge in [0.2, 0.25) is 5.91 Å². The molecule has 172 valence electrons. The van der Waals surface area contributed by atoms with E-state index in [4.69, 9.17) is 14.6 Å². The smallest absolute Gasteiger partial charge is 0.335 e. The molecular weight excluding hydrogens is 422 g/mol. The average Bonchev–Trinajstić information content (AvgIpc) is 2.76. The normalized spacial score (nSPS) is 16.2. The second-order valence-corrected chi connectivity index (χ2v) is 7.70. The SMILES string of the molecule is C[C@H](NC(=O)C1(NCCOc2cc(F)cc(F)c2)CCOCC1)c1ccc(C(=O)O)cc1. The number of carbonyl (C=O) groups is 2. The van der Waals surface area contributed by atoms with Gasteiger partial charge in [-0.1, -0.05) is 12.1 Å². The third-order valence-electron chi connectivity index (χ3n) is 5.46. The molecule has 2 aromatic carbocycles. The monoisotopic (exact) mass is 448 g/mol. The van der Waals surface area contributed by atoms with Gasteiger partial charge in [-0.3, -0.25) is 10.1 Å². The lowest BCUT2D eigenvalue weighted by atomic mass is 9.88. The molecule has 1 amide bonds. The van der Waals surface area contributed by atoms with E-state index in [2.05, 4.69) is 10.6 Å². The van der Waals surface area contributed by atoms with Crippen LogP contribution in [0.3, 0.4) is 0 Å². The van der Waals surface area contributed by atoms with Gasteiger partial charge in [0.1, 0.15) is 29.5 Å². The van der Waals surface area contributed by atoms with Crippen molar-refractivity contribution in [3.63, 3.8) is 0 Å². The van der Waals surface area contributed by atoms with Gasteiger partial charge >= 0.3 is 5.97 Å². The molecule has 0 bridgehead atoms. The lowest BCUT2D eigenvalue weighted by Crippen LogP contribution is -2.60. The van der Waals surface area contributed by atoms with E-state index in [-0.39, 0.29) is 36.4 Å². The predicted octanol–water partition coefficient (Wildman–Crippen LogP) is 3.06. The number of benzene rings is 2. The van der Waals surface area contributed by atoms with Crippen molar-refractivity contribution in [3.8, 4) is 5.75 Å². The molecule has 1 heterocycles. The van der Waals surface area contributed by atoms with Crippen LogP contribution in [0.2, 0.25) is 0 Å². The van der Waals surface area contributed by atoms with Crippen LogP contribution in [0, 0.1) is 11.6 Å². The summed E-state index contributed by atoms with van der Waals surface area (Å²) < 4.78 is 37.4. The lowest BCUT2D eigenvalue weighted by Gasteiger charge is -2.37. The van der Waals surface area contributed by atoms with Crippen molar-refractivity contribution in [2.24, 2.45) is 0 Å². The summed E-state index contributed by atoms with van der Waals surface area (Å²) in [4.78, 5) is 24.2. The van der Waals surface area contributed by atoms with Gasteiger partial charge in [0, 0.05) is 38.0 Å². The lowest BCUT2D eigenvalue weighted by molar-refractivity contribution is -0.132. The summed E-state index contributed by atoms with van der Waals surface area (Å²) in [5, 5.41) is 15.2. The van der Waals surface area contributed by atoms with E-state index in [9.17, 15) is 18.4 Å². The summed E-state index contributed by atoms with van der Waals surface area (Å²) in [6.45, 7) is 3.05. The number of hydrogen-bond acceptors (Lipinski definition) is 5. The van der Waals surface area contributed by atoms with Crippen LogP contribution in [0.25, 0.3) is 0 Å². The first-order valence-corrected chi connectivity index (χ1v) is 10.3. The summed E-state index contributed by atoms with van der Waals surface area (Å²) in [7, 11) is 0. The first kappa shape index (κ1) is 23.6. The van der Waals surface area contributed by atoms with Crippen molar-refractivity contribution in [3.05, 3.63) is 65.2 Å². The summed E-state index contributed by atoms with van der Waals surface area (Å²) >= 11 is 0. The third kappa shape index (κ3) is 6.02. The molecule has 1 aliphatic heterocycles. The van der Waals surface area contributed by atoms with Crippen molar-refractivity contribution in [2.75, 3.05) is 26.4 Å². The molecule has 3 rings (SSSR count). The number of aromatic carboxylic acids is 1. The molecule has 1 aliphatic rings. The summed E-state index contributed by atoms with van der Waals surface area (Å²) in [6, 6.07) is 8.95. The van der Waals surface area contributed by atoms with Crippen LogP contribution in [0.4, 0.5) is 8.78 Å². The van der Waals surface area contributed by atoms with Gasteiger partial charge in [-0.2, -0.15) is 0 Å². The molecule has 0 aromatic heterocycles. The Morgan fingerprint density at radius 2 is 1.75 bits per heavy atom. The van der Waals surface area contributed by atoms with Gasteiger partial charge < -0.3 is 19.9 Å². The maximum absolute atomic E-state index is 13.3. The molecule has 0 radical (unpaired) electrons. The van der Waals surface area contributed by atoms with E-state index in [1.165, 1.54) is 12.1 Å². The minimum absolute atomic E-state index is 0.0770. The van der Waals surface area contributed by atoms with Crippen molar-refractivity contribution in [1.82, 2.24) is 10.6 Å². The van der Waals surface area contributed by atoms with Crippen LogP contribution >= 0.6 is 0 Å². The predicted molar refractivity (Wildman–Crippen MR) is 113 cm³/mol. The van der Waals surface area contributed by atoms with Gasteiger partial charge in [0.15, 0.2) is 0 Å². The molecule has 0 saturated carbocycles. The number of nitrogens with one attached hydrogen (secondary N) is 2. The number of ether oxygens (including phenoxy) is 2. The number of hydrogen-bond donors (Lipinski definition) is 3. The summed E-state index contributed by atoms with van der Waals surface area (Å²) in [5.41, 5.74) is 0.0828. The molecule has 2 aromatic rings. The maximum atomic E-state index is 13.3. The van der Waals surface area contributed by atoms with Crippen molar-refractivity contribution in [1.29, 1.82) is 0 Å². The van der Waals surface area contributed by atoms with Crippen molar-refractivity contribution in [2.45, 2.75) is 31.3 Å². The standard InChI is InChI=1S/C23H26F2N2O5/c1-15(16-2-4-17(5-3-16)21(28)29)27-22(30)23(6-9-31-10-7-23)26-8-11-32-20-13-18(24)12-19(25)14-20/h2-5,12-15,26H,6-11H2,1H3,(H,27,30)(H,28,29)/t15-/m0/s1. The zero-order valence-electron chi connectivity index (χ0n) is 17.7. The topological polar surface area (TPSA) is 96.9 Å². The van der Waals surface area contributed by atoms with Gasteiger partial charge in [-0.15, -0.1) is 0 Å². The van der Waals surface area contributed by atoms with E-state index in [0.29, 0.717) is 26.1 Å². The Hall–Kier alpha value is -3.04. The Kier molecular flexibility index (Phi) is 7.76. The maximum Gasteiger partial charge on any atom is 0.335 e. The van der Waals surface area contributed by atoms with E-state index in [1.807, 2.05) is 6.92 Å². The Morgan fingerprint density at radius 3 is 2.34 bits per heavy atom. The molecule has 9 heteroatoms. The van der Waals surface area contributed by atoms with E-state index >= 15 is 0 Å². The molecule has 1 saturated heterocycles. The fraction of sp³-hybridized carbons (Fsp3) is 0.391. The van der Waals surface area contributed by atoms with E-state index in [1.54, 1.807) is 12.1 Å². The Balaban J connectivity index is 1.59. The summed E-state index contributed by atoms with van der Waals surface area (Å²) in [6.07, 6.45) is 0.913. The quantitative estimate of drug-likeness (QED) is 0.511. The van der Waals surface area contributed by atoms with Crippen LogP contribution in [0.1, 0.15) is 41.7 Å². The van der Waals surface area contributed by atoms with Crippen LogP contribution in [0.15, 0.2) is 42.5 Å². The van der Waals surface area contributed by atoms with Crippen LogP contribution in [-0.4, -0.2) is 48.9 Å². The minimum Gasteiger partial charge on any atom is -0.492 e. The van der Waals surface area contributed by atoms with Gasteiger partial charge in [0.05, 0.1) is 11.6 Å². The molecule has 0 unspecified atom stereocenters. The molecule has 0 aliphatic carbocycles. The molecule has 3 N–H and O–H groups in total. The van der Waals surface area contributed by atoms with Gasteiger partial charge in [-0.05, 0) is 37.5 Å². The minimum atomic E-state index is -1.01. The van der Waals surface area contributed by atoms with Crippen molar-refractivity contribution >= 4 is 11.9 Å². The zero-order chi connectivity index (χ0) is 23.1. The number of rotatable bonds is 9. The Labute approximate surface area is 184 Å². The first-order chi connectivity index (χ1) is 15.3. The van der Waals surface area contributed by atoms with E-state index < -0.39 is 23.1 Å². The molecule has 1 fully saturated rings. The average molecular weight is 448 g/mol. The highest BCUT2D eigenvalue weighted by atomic mass is 19.1. The Morgan fingerprint density at radius 1 is 1.12 bits per heavy atom. The fourth-order valence-electron chi connectivity index (χ4n) is 3.61. The van der Waals surface area contributed by atoms with Crippen molar-refractivity contribution < 1.29 is 33.0 Å². The Bertz CT molecular complexity index is 926. The largest absolute Gasteiger partial charge is 0.492 e. The highest BCUT2D eigenvalue weighted by molar-refractivity contribution is 5.88. The van der Waals surface area contributed by atoms with Crippen LogP contribution < -0.4 is 15.4 Å².